The molecule has 0 bridgehead atoms. The van der Waals surface area contributed by atoms with Crippen molar-refractivity contribution >= 4 is 28.2 Å². The minimum absolute atomic E-state index is 0.122. The van der Waals surface area contributed by atoms with Crippen LogP contribution in [0.15, 0.2) is 0 Å². The summed E-state index contributed by atoms with van der Waals surface area (Å²) in [5, 5.41) is 1.87. The predicted octanol–water partition coefficient (Wildman–Crippen LogP) is 4.27. The maximum atomic E-state index is 13.7. The topological polar surface area (TPSA) is 84.2 Å². The van der Waals surface area contributed by atoms with Gasteiger partial charge in [-0.15, -0.1) is 11.3 Å². The highest BCUT2D eigenvalue weighted by atomic mass is 32.1. The number of halogens is 6. The average molecular weight is 445 g/mol. The van der Waals surface area contributed by atoms with E-state index in [-0.39, 0.29) is 12.0 Å². The molecule has 1 aromatic rings. The number of alkyl halides is 6. The van der Waals surface area contributed by atoms with Crippen molar-refractivity contribution in [2.75, 3.05) is 5.32 Å². The maximum Gasteiger partial charge on any atom is 0.439 e. The van der Waals surface area contributed by atoms with Gasteiger partial charge in [0.25, 0.3) is 5.91 Å². The van der Waals surface area contributed by atoms with E-state index in [4.69, 9.17) is 5.73 Å². The second-order valence-electron chi connectivity index (χ2n) is 6.80. The summed E-state index contributed by atoms with van der Waals surface area (Å²) in [6, 6.07) is 0. The number of anilines is 1. The van der Waals surface area contributed by atoms with Gasteiger partial charge >= 0.3 is 18.0 Å². The summed E-state index contributed by atoms with van der Waals surface area (Å²) < 4.78 is 82.5. The monoisotopic (exact) mass is 445 g/mol. The molecule has 1 aliphatic rings. The zero-order valence-corrected chi connectivity index (χ0v) is 16.3. The van der Waals surface area contributed by atoms with Crippen molar-refractivity contribution in [3.63, 3.8) is 0 Å². The van der Waals surface area contributed by atoms with Crippen LogP contribution >= 0.6 is 11.3 Å². The summed E-state index contributed by atoms with van der Waals surface area (Å²) >= 11 is 0.631. The Balaban J connectivity index is 2.57. The molecule has 0 saturated heterocycles. The normalized spacial score (nSPS) is 15.0. The van der Waals surface area contributed by atoms with E-state index in [9.17, 15) is 35.9 Å². The van der Waals surface area contributed by atoms with Gasteiger partial charge in [0, 0.05) is 11.3 Å². The van der Waals surface area contributed by atoms with Crippen molar-refractivity contribution < 1.29 is 35.9 Å². The summed E-state index contributed by atoms with van der Waals surface area (Å²) in [6.07, 6.45) is -9.75. The van der Waals surface area contributed by atoms with Crippen LogP contribution in [0.4, 0.5) is 31.3 Å². The number of unbranched alkanes of at least 4 members (excludes halogenated alkanes) is 1. The SMILES string of the molecule is CCCCC(=O)NC(Nc1sc2c(c1C(N)=O)CCCC2)(C(F)(F)F)C(F)(F)F. The third-order valence-corrected chi connectivity index (χ3v) is 5.86. The van der Waals surface area contributed by atoms with Crippen LogP contribution in [0.2, 0.25) is 0 Å². The largest absolute Gasteiger partial charge is 0.439 e. The van der Waals surface area contributed by atoms with Crippen LogP contribution in [0.3, 0.4) is 0 Å². The quantitative estimate of drug-likeness (QED) is 0.433. The average Bonchev–Trinajstić information content (AvgIpc) is 2.95. The number of hydrogen-bond donors (Lipinski definition) is 3. The molecule has 0 radical (unpaired) electrons. The minimum Gasteiger partial charge on any atom is -0.365 e. The summed E-state index contributed by atoms with van der Waals surface area (Å²) in [7, 11) is 0. The second-order valence-corrected chi connectivity index (χ2v) is 7.91. The van der Waals surface area contributed by atoms with E-state index in [1.54, 1.807) is 6.92 Å². The lowest BCUT2D eigenvalue weighted by molar-refractivity contribution is -0.295. The second kappa shape index (κ2) is 8.41. The van der Waals surface area contributed by atoms with Crippen molar-refractivity contribution in [2.45, 2.75) is 69.9 Å². The van der Waals surface area contributed by atoms with Crippen molar-refractivity contribution in [1.29, 1.82) is 0 Å². The predicted molar refractivity (Wildman–Crippen MR) is 95.6 cm³/mol. The Kier molecular flexibility index (Phi) is 6.75. The molecule has 1 heterocycles. The molecule has 1 aromatic heterocycles. The molecule has 0 saturated carbocycles. The lowest BCUT2D eigenvalue weighted by atomic mass is 9.95. The number of primary amides is 1. The first-order valence-electron chi connectivity index (χ1n) is 9.01. The molecule has 0 unspecified atom stereocenters. The van der Waals surface area contributed by atoms with Gasteiger partial charge in [0.2, 0.25) is 5.91 Å². The molecule has 4 N–H and O–H groups in total. The molecular formula is C17H21F6N3O2S. The third kappa shape index (κ3) is 4.62. The van der Waals surface area contributed by atoms with Gasteiger partial charge in [-0.05, 0) is 37.7 Å². The van der Waals surface area contributed by atoms with E-state index >= 15 is 0 Å². The molecule has 0 fully saturated rings. The Morgan fingerprint density at radius 2 is 1.66 bits per heavy atom. The molecule has 12 heteroatoms. The van der Waals surface area contributed by atoms with E-state index in [0.717, 1.165) is 5.32 Å². The number of hydrogen-bond acceptors (Lipinski definition) is 4. The number of aryl methyl sites for hydroxylation is 1. The number of rotatable bonds is 7. The number of nitrogens with two attached hydrogens (primary N) is 1. The number of thiophene rings is 1. The Morgan fingerprint density at radius 3 is 2.17 bits per heavy atom. The van der Waals surface area contributed by atoms with Gasteiger partial charge in [0.05, 0.1) is 5.56 Å². The zero-order valence-electron chi connectivity index (χ0n) is 15.5. The summed E-state index contributed by atoms with van der Waals surface area (Å²) in [4.78, 5) is 24.2. The smallest absolute Gasteiger partial charge is 0.365 e. The Hall–Kier alpha value is -1.98. The number of fused-ring (bicyclic) bond motifs is 1. The zero-order chi connectivity index (χ0) is 22.0. The highest BCUT2D eigenvalue weighted by Crippen LogP contribution is 2.47. The molecule has 2 rings (SSSR count). The highest BCUT2D eigenvalue weighted by Gasteiger charge is 2.73. The number of nitrogens with one attached hydrogen (secondary N) is 2. The van der Waals surface area contributed by atoms with Gasteiger partial charge in [-0.2, -0.15) is 26.3 Å². The lowest BCUT2D eigenvalue weighted by Gasteiger charge is -2.38. The van der Waals surface area contributed by atoms with Gasteiger partial charge in [-0.3, -0.25) is 9.59 Å². The lowest BCUT2D eigenvalue weighted by Crippen LogP contribution is -2.72. The summed E-state index contributed by atoms with van der Waals surface area (Å²) in [5.41, 5.74) is 0.501. The first-order valence-corrected chi connectivity index (χ1v) is 9.82. The third-order valence-electron chi connectivity index (χ3n) is 4.65. The molecule has 5 nitrogen and oxygen atoms in total. The molecule has 0 spiro atoms. The van der Waals surface area contributed by atoms with Gasteiger partial charge in [0.1, 0.15) is 5.00 Å². The van der Waals surface area contributed by atoms with E-state index in [1.165, 1.54) is 5.32 Å². The molecule has 0 atom stereocenters. The van der Waals surface area contributed by atoms with E-state index in [0.29, 0.717) is 53.9 Å². The minimum atomic E-state index is -5.94. The van der Waals surface area contributed by atoms with Gasteiger partial charge in [-0.1, -0.05) is 13.3 Å². The van der Waals surface area contributed by atoms with Crippen LogP contribution < -0.4 is 16.4 Å². The van der Waals surface area contributed by atoms with Crippen molar-refractivity contribution in [3.05, 3.63) is 16.0 Å². The van der Waals surface area contributed by atoms with Crippen LogP contribution in [0.1, 0.15) is 59.8 Å². The van der Waals surface area contributed by atoms with Gasteiger partial charge in [-0.25, -0.2) is 0 Å². The van der Waals surface area contributed by atoms with Gasteiger partial charge in [0.15, 0.2) is 0 Å². The van der Waals surface area contributed by atoms with Crippen LogP contribution in [0, 0.1) is 0 Å². The molecule has 29 heavy (non-hydrogen) atoms. The Morgan fingerprint density at radius 1 is 1.07 bits per heavy atom. The Bertz CT molecular complexity index is 758. The maximum absolute atomic E-state index is 13.7. The summed E-state index contributed by atoms with van der Waals surface area (Å²) in [5.74, 6) is -2.53. The fourth-order valence-corrected chi connectivity index (χ4v) is 4.52. The van der Waals surface area contributed by atoms with Crippen LogP contribution in [-0.4, -0.2) is 29.8 Å². The molecule has 2 amide bonds. The number of carbonyl (C=O) groups excluding carboxylic acids is 2. The highest BCUT2D eigenvalue weighted by molar-refractivity contribution is 7.16. The van der Waals surface area contributed by atoms with Gasteiger partial charge < -0.3 is 16.4 Å². The van der Waals surface area contributed by atoms with E-state index in [1.807, 2.05) is 0 Å². The van der Waals surface area contributed by atoms with Crippen molar-refractivity contribution in [2.24, 2.45) is 5.73 Å². The molecule has 0 aromatic carbocycles. The van der Waals surface area contributed by atoms with Crippen molar-refractivity contribution in [3.8, 4) is 0 Å². The fraction of sp³-hybridized carbons (Fsp3) is 0.647. The fourth-order valence-electron chi connectivity index (χ4n) is 3.17. The standard InChI is InChI=1S/C17H21F6N3O2S/c1-2-3-8-11(27)25-15(16(18,19)20,17(21,22)23)26-14-12(13(24)28)9-6-4-5-7-10(9)29-14/h26H,2-8H2,1H3,(H2,24,28)(H,25,27). The molecular weight excluding hydrogens is 424 g/mol. The molecule has 0 aliphatic heterocycles. The van der Waals surface area contributed by atoms with Crippen LogP contribution in [-0.2, 0) is 17.6 Å². The molecule has 164 valence electrons. The van der Waals surface area contributed by atoms with Crippen LogP contribution in [0.25, 0.3) is 0 Å². The van der Waals surface area contributed by atoms with E-state index in [2.05, 4.69) is 0 Å². The van der Waals surface area contributed by atoms with E-state index < -0.39 is 41.3 Å². The number of amides is 2. The molecule has 1 aliphatic carbocycles. The Labute approximate surface area is 167 Å². The first kappa shape index (κ1) is 23.3. The first-order chi connectivity index (χ1) is 13.3. The van der Waals surface area contributed by atoms with Crippen molar-refractivity contribution in [1.82, 2.24) is 5.32 Å². The number of carbonyl (C=O) groups is 2. The van der Waals surface area contributed by atoms with Crippen LogP contribution in [0.5, 0.6) is 0 Å². The summed E-state index contributed by atoms with van der Waals surface area (Å²) in [6.45, 7) is 1.64.